The highest BCUT2D eigenvalue weighted by Gasteiger charge is 2.33. The highest BCUT2D eigenvalue weighted by Crippen LogP contribution is 2.31. The van der Waals surface area contributed by atoms with Gasteiger partial charge >= 0.3 is 0 Å². The first-order valence-corrected chi connectivity index (χ1v) is 6.70. The van der Waals surface area contributed by atoms with Crippen molar-refractivity contribution in [1.29, 1.82) is 0 Å². The summed E-state index contributed by atoms with van der Waals surface area (Å²) >= 11 is 3.58. The Bertz CT molecular complexity index is 382. The molecular formula is C12H16BrN3. The second-order valence-corrected chi connectivity index (χ2v) is 5.58. The van der Waals surface area contributed by atoms with Crippen LogP contribution in [0, 0.1) is 11.8 Å². The minimum Gasteiger partial charge on any atom is -0.355 e. The molecule has 0 aromatic carbocycles. The Hall–Kier alpha value is -0.610. The molecule has 3 nitrogen and oxygen atoms in total. The molecule has 1 aromatic rings. The zero-order chi connectivity index (χ0) is 11.0. The molecule has 0 amide bonds. The molecule has 0 saturated carbocycles. The smallest absolute Gasteiger partial charge is 0.142 e. The molecule has 0 radical (unpaired) electrons. The van der Waals surface area contributed by atoms with Gasteiger partial charge in [0.25, 0.3) is 0 Å². The van der Waals surface area contributed by atoms with Crippen molar-refractivity contribution in [2.24, 2.45) is 11.8 Å². The first kappa shape index (κ1) is 10.5. The summed E-state index contributed by atoms with van der Waals surface area (Å²) in [6.07, 6.45) is 3.17. The second-order valence-electron chi connectivity index (χ2n) is 4.72. The molecule has 1 aromatic heterocycles. The molecule has 4 heteroatoms. The number of aromatic nitrogens is 1. The predicted molar refractivity (Wildman–Crippen MR) is 68.6 cm³/mol. The molecule has 2 unspecified atom stereocenters. The molecule has 2 saturated heterocycles. The van der Waals surface area contributed by atoms with Crippen molar-refractivity contribution in [3.63, 3.8) is 0 Å². The maximum atomic E-state index is 4.47. The van der Waals surface area contributed by atoms with Crippen molar-refractivity contribution in [2.45, 2.75) is 6.42 Å². The Kier molecular flexibility index (Phi) is 2.86. The van der Waals surface area contributed by atoms with Crippen LogP contribution >= 0.6 is 15.9 Å². The average Bonchev–Trinajstić information content (AvgIpc) is 2.76. The average molecular weight is 282 g/mol. The predicted octanol–water partition coefficient (Wildman–Crippen LogP) is 1.89. The van der Waals surface area contributed by atoms with Gasteiger partial charge in [-0.25, -0.2) is 4.98 Å². The van der Waals surface area contributed by atoms with Crippen LogP contribution in [0.5, 0.6) is 0 Å². The van der Waals surface area contributed by atoms with Crippen molar-refractivity contribution in [3.05, 3.63) is 22.8 Å². The molecule has 2 atom stereocenters. The minimum atomic E-state index is 0.808. The van der Waals surface area contributed by atoms with Crippen LogP contribution in [0.3, 0.4) is 0 Å². The molecule has 0 aliphatic carbocycles. The topological polar surface area (TPSA) is 28.2 Å². The van der Waals surface area contributed by atoms with E-state index in [1.54, 1.807) is 0 Å². The third kappa shape index (κ3) is 1.84. The van der Waals surface area contributed by atoms with Gasteiger partial charge in [0.2, 0.25) is 0 Å². The van der Waals surface area contributed by atoms with E-state index in [1.807, 2.05) is 12.3 Å². The highest BCUT2D eigenvalue weighted by molar-refractivity contribution is 9.10. The molecule has 16 heavy (non-hydrogen) atoms. The SMILES string of the molecule is Brc1cccnc1N1CCC2CNCC2C1. The number of piperidine rings is 1. The van der Waals surface area contributed by atoms with Crippen LogP contribution in [-0.2, 0) is 0 Å². The number of halogens is 1. The van der Waals surface area contributed by atoms with Crippen molar-refractivity contribution in [1.82, 2.24) is 10.3 Å². The number of pyridine rings is 1. The third-order valence-electron chi connectivity index (χ3n) is 3.74. The summed E-state index contributed by atoms with van der Waals surface area (Å²) < 4.78 is 1.11. The second kappa shape index (κ2) is 4.34. The van der Waals surface area contributed by atoms with E-state index < -0.39 is 0 Å². The summed E-state index contributed by atoms with van der Waals surface area (Å²) in [5.74, 6) is 2.80. The van der Waals surface area contributed by atoms with E-state index in [0.29, 0.717) is 0 Å². The maximum absolute atomic E-state index is 4.47. The van der Waals surface area contributed by atoms with Crippen LogP contribution in [-0.4, -0.2) is 31.2 Å². The maximum Gasteiger partial charge on any atom is 0.142 e. The molecule has 2 aliphatic rings. The first-order chi connectivity index (χ1) is 7.84. The molecule has 0 bridgehead atoms. The summed E-state index contributed by atoms with van der Waals surface area (Å²) in [5.41, 5.74) is 0. The largest absolute Gasteiger partial charge is 0.355 e. The number of nitrogens with zero attached hydrogens (tertiary/aromatic N) is 2. The molecule has 3 rings (SSSR count). The molecule has 0 spiro atoms. The Morgan fingerprint density at radius 1 is 1.38 bits per heavy atom. The van der Waals surface area contributed by atoms with Gasteiger partial charge < -0.3 is 10.2 Å². The van der Waals surface area contributed by atoms with Crippen LogP contribution in [0.1, 0.15) is 6.42 Å². The van der Waals surface area contributed by atoms with Crippen molar-refractivity contribution >= 4 is 21.7 Å². The van der Waals surface area contributed by atoms with E-state index in [-0.39, 0.29) is 0 Å². The molecular weight excluding hydrogens is 266 g/mol. The van der Waals surface area contributed by atoms with Crippen molar-refractivity contribution in [3.8, 4) is 0 Å². The number of anilines is 1. The molecule has 1 N–H and O–H groups in total. The summed E-state index contributed by atoms with van der Waals surface area (Å²) in [6.45, 7) is 4.67. The lowest BCUT2D eigenvalue weighted by Crippen LogP contribution is -2.40. The van der Waals surface area contributed by atoms with Gasteiger partial charge in [-0.1, -0.05) is 0 Å². The van der Waals surface area contributed by atoms with E-state index in [0.717, 1.165) is 35.2 Å². The molecule has 86 valence electrons. The summed E-state index contributed by atoms with van der Waals surface area (Å²) in [6, 6.07) is 4.04. The number of hydrogen-bond acceptors (Lipinski definition) is 3. The van der Waals surface area contributed by atoms with Gasteiger partial charge in [-0.3, -0.25) is 0 Å². The molecule has 3 heterocycles. The van der Waals surface area contributed by atoms with Gasteiger partial charge in [-0.2, -0.15) is 0 Å². The van der Waals surface area contributed by atoms with E-state index in [2.05, 4.69) is 37.2 Å². The molecule has 2 fully saturated rings. The van der Waals surface area contributed by atoms with Gasteiger partial charge in [0.05, 0.1) is 4.47 Å². The Balaban J connectivity index is 1.79. The van der Waals surface area contributed by atoms with E-state index >= 15 is 0 Å². The van der Waals surface area contributed by atoms with Gasteiger partial charge in [0, 0.05) is 19.3 Å². The van der Waals surface area contributed by atoms with Crippen molar-refractivity contribution < 1.29 is 0 Å². The molecule has 2 aliphatic heterocycles. The lowest BCUT2D eigenvalue weighted by molar-refractivity contribution is 0.347. The van der Waals surface area contributed by atoms with Crippen LogP contribution < -0.4 is 10.2 Å². The quantitative estimate of drug-likeness (QED) is 0.852. The Morgan fingerprint density at radius 2 is 2.25 bits per heavy atom. The number of hydrogen-bond donors (Lipinski definition) is 1. The zero-order valence-electron chi connectivity index (χ0n) is 9.19. The van der Waals surface area contributed by atoms with E-state index in [1.165, 1.54) is 19.5 Å². The van der Waals surface area contributed by atoms with E-state index in [4.69, 9.17) is 0 Å². The number of fused-ring (bicyclic) bond motifs is 1. The first-order valence-electron chi connectivity index (χ1n) is 5.91. The Morgan fingerprint density at radius 3 is 3.12 bits per heavy atom. The lowest BCUT2D eigenvalue weighted by atomic mass is 9.89. The van der Waals surface area contributed by atoms with Crippen LogP contribution in [0.15, 0.2) is 22.8 Å². The van der Waals surface area contributed by atoms with Crippen LogP contribution in [0.25, 0.3) is 0 Å². The minimum absolute atomic E-state index is 0.808. The van der Waals surface area contributed by atoms with Gasteiger partial charge in [0.1, 0.15) is 5.82 Å². The zero-order valence-corrected chi connectivity index (χ0v) is 10.8. The van der Waals surface area contributed by atoms with Crippen LogP contribution in [0.4, 0.5) is 5.82 Å². The van der Waals surface area contributed by atoms with Gasteiger partial charge in [-0.05, 0) is 59.4 Å². The third-order valence-corrected chi connectivity index (χ3v) is 4.36. The number of nitrogens with one attached hydrogen (secondary N) is 1. The summed E-state index contributed by atoms with van der Waals surface area (Å²) in [5, 5.41) is 3.49. The summed E-state index contributed by atoms with van der Waals surface area (Å²) in [4.78, 5) is 6.89. The monoisotopic (exact) mass is 281 g/mol. The summed E-state index contributed by atoms with van der Waals surface area (Å²) in [7, 11) is 0. The van der Waals surface area contributed by atoms with Gasteiger partial charge in [-0.15, -0.1) is 0 Å². The van der Waals surface area contributed by atoms with Crippen LogP contribution in [0.2, 0.25) is 0 Å². The van der Waals surface area contributed by atoms with Crippen molar-refractivity contribution in [2.75, 3.05) is 31.1 Å². The van der Waals surface area contributed by atoms with E-state index in [9.17, 15) is 0 Å². The number of rotatable bonds is 1. The lowest BCUT2D eigenvalue weighted by Gasteiger charge is -2.35. The fraction of sp³-hybridized carbons (Fsp3) is 0.583. The normalized spacial score (nSPS) is 29.2. The van der Waals surface area contributed by atoms with Gasteiger partial charge in [0.15, 0.2) is 0 Å². The fourth-order valence-corrected chi connectivity index (χ4v) is 3.34. The Labute approximate surface area is 104 Å². The fourth-order valence-electron chi connectivity index (χ4n) is 2.84. The highest BCUT2D eigenvalue weighted by atomic mass is 79.9. The standard InChI is InChI=1S/C12H16BrN3/c13-11-2-1-4-15-12(11)16-5-3-9-6-14-7-10(9)8-16/h1-2,4,9-10,14H,3,5-8H2.